The van der Waals surface area contributed by atoms with E-state index in [1.807, 2.05) is 24.3 Å². The highest BCUT2D eigenvalue weighted by molar-refractivity contribution is 7.21. The Morgan fingerprint density at radius 2 is 1.65 bits per heavy atom. The first kappa shape index (κ1) is 24.0. The van der Waals surface area contributed by atoms with E-state index in [-0.39, 0.29) is 23.1 Å². The van der Waals surface area contributed by atoms with E-state index in [1.54, 1.807) is 42.5 Å². The molecule has 0 saturated carbocycles. The van der Waals surface area contributed by atoms with Crippen LogP contribution >= 0.6 is 46.1 Å². The predicted octanol–water partition coefficient (Wildman–Crippen LogP) is 6.61. The van der Waals surface area contributed by atoms with Crippen LogP contribution in [0.5, 0.6) is 11.5 Å². The van der Waals surface area contributed by atoms with Gasteiger partial charge in [-0.25, -0.2) is 10.2 Å². The van der Waals surface area contributed by atoms with Crippen LogP contribution in [0.1, 0.15) is 15.2 Å². The van der Waals surface area contributed by atoms with Gasteiger partial charge in [0, 0.05) is 15.6 Å². The van der Waals surface area contributed by atoms with Gasteiger partial charge >= 0.3 is 5.97 Å². The molecule has 1 heterocycles. The van der Waals surface area contributed by atoms with Gasteiger partial charge in [0.2, 0.25) is 0 Å². The summed E-state index contributed by atoms with van der Waals surface area (Å²) in [6.45, 7) is -0.321. The normalized spacial score (nSPS) is 11.0. The van der Waals surface area contributed by atoms with E-state index in [9.17, 15) is 9.59 Å². The summed E-state index contributed by atoms with van der Waals surface area (Å²) in [6.07, 6.45) is 1.36. The summed E-state index contributed by atoms with van der Waals surface area (Å²) < 4.78 is 11.8. The van der Waals surface area contributed by atoms with Crippen molar-refractivity contribution in [3.05, 3.63) is 92.2 Å². The van der Waals surface area contributed by atoms with Gasteiger partial charge in [-0.2, -0.15) is 5.10 Å². The molecule has 0 bridgehead atoms. The number of hydrogen-bond donors (Lipinski definition) is 1. The number of benzene rings is 3. The highest BCUT2D eigenvalue weighted by Gasteiger charge is 2.19. The maximum atomic E-state index is 12.8. The zero-order valence-corrected chi connectivity index (χ0v) is 20.3. The maximum absolute atomic E-state index is 12.8. The number of carbonyl (C=O) groups excluding carboxylic acids is 2. The molecule has 0 fully saturated rings. The molecule has 0 unspecified atom stereocenters. The lowest BCUT2D eigenvalue weighted by molar-refractivity contribution is -0.123. The minimum absolute atomic E-state index is 0.218. The first-order valence-electron chi connectivity index (χ1n) is 9.81. The van der Waals surface area contributed by atoms with Crippen molar-refractivity contribution < 1.29 is 19.1 Å². The van der Waals surface area contributed by atoms with Crippen LogP contribution in [0.15, 0.2) is 71.8 Å². The molecule has 0 radical (unpaired) electrons. The summed E-state index contributed by atoms with van der Waals surface area (Å²) in [7, 11) is 0. The predicted molar refractivity (Wildman–Crippen MR) is 136 cm³/mol. The van der Waals surface area contributed by atoms with E-state index in [0.29, 0.717) is 20.5 Å². The lowest BCUT2D eigenvalue weighted by Crippen LogP contribution is -2.24. The Morgan fingerprint density at radius 1 is 0.912 bits per heavy atom. The van der Waals surface area contributed by atoms with Crippen LogP contribution in [0.2, 0.25) is 15.1 Å². The number of para-hydroxylation sites is 1. The van der Waals surface area contributed by atoms with Gasteiger partial charge in [0.1, 0.15) is 21.4 Å². The third kappa shape index (κ3) is 5.51. The van der Waals surface area contributed by atoms with E-state index in [4.69, 9.17) is 44.3 Å². The molecule has 172 valence electrons. The van der Waals surface area contributed by atoms with Crippen molar-refractivity contribution in [2.75, 3.05) is 6.61 Å². The molecular formula is C24H15Cl3N2O4S. The Hall–Kier alpha value is -3.10. The molecule has 4 rings (SSSR count). The SMILES string of the molecule is O=C(COc1cccc(Cl)c1Cl)N/N=C/c1ccccc1OC(=O)c1sc2ccccc2c1Cl. The summed E-state index contributed by atoms with van der Waals surface area (Å²) in [4.78, 5) is 25.1. The smallest absolute Gasteiger partial charge is 0.355 e. The van der Waals surface area contributed by atoms with Gasteiger partial charge in [-0.3, -0.25) is 4.79 Å². The van der Waals surface area contributed by atoms with Crippen molar-refractivity contribution in [2.45, 2.75) is 0 Å². The highest BCUT2D eigenvalue weighted by Crippen LogP contribution is 2.36. The van der Waals surface area contributed by atoms with Crippen LogP contribution in [0.4, 0.5) is 0 Å². The minimum Gasteiger partial charge on any atom is -0.482 e. The molecule has 3 aromatic carbocycles. The van der Waals surface area contributed by atoms with E-state index in [2.05, 4.69) is 10.5 Å². The Morgan fingerprint density at radius 3 is 2.47 bits per heavy atom. The number of carbonyl (C=O) groups is 2. The summed E-state index contributed by atoms with van der Waals surface area (Å²) in [5, 5.41) is 5.59. The van der Waals surface area contributed by atoms with Crippen LogP contribution < -0.4 is 14.9 Å². The molecule has 0 spiro atoms. The second-order valence-corrected chi connectivity index (χ2v) is 9.02. The number of hydrazone groups is 1. The Kier molecular flexibility index (Phi) is 7.70. The van der Waals surface area contributed by atoms with Crippen molar-refractivity contribution in [1.29, 1.82) is 0 Å². The van der Waals surface area contributed by atoms with Gasteiger partial charge in [0.25, 0.3) is 5.91 Å². The minimum atomic E-state index is -0.581. The molecule has 1 N–H and O–H groups in total. The van der Waals surface area contributed by atoms with Crippen molar-refractivity contribution in [3.8, 4) is 11.5 Å². The third-order valence-electron chi connectivity index (χ3n) is 4.51. The number of hydrogen-bond acceptors (Lipinski definition) is 6. The fourth-order valence-corrected chi connectivity index (χ4v) is 4.65. The molecule has 34 heavy (non-hydrogen) atoms. The first-order valence-corrected chi connectivity index (χ1v) is 11.8. The van der Waals surface area contributed by atoms with Gasteiger partial charge < -0.3 is 9.47 Å². The summed E-state index contributed by atoms with van der Waals surface area (Å²) in [6, 6.07) is 19.1. The lowest BCUT2D eigenvalue weighted by atomic mass is 10.2. The number of ether oxygens (including phenoxy) is 2. The Bertz CT molecular complexity index is 1400. The summed E-state index contributed by atoms with van der Waals surface area (Å²) in [5.74, 6) is -0.548. The molecule has 1 aromatic heterocycles. The van der Waals surface area contributed by atoms with Crippen LogP contribution in [0, 0.1) is 0 Å². The van der Waals surface area contributed by atoms with E-state index >= 15 is 0 Å². The Balaban J connectivity index is 1.40. The maximum Gasteiger partial charge on any atom is 0.355 e. The molecule has 0 aliphatic carbocycles. The van der Waals surface area contributed by atoms with E-state index in [0.717, 1.165) is 10.1 Å². The van der Waals surface area contributed by atoms with Gasteiger partial charge in [-0.15, -0.1) is 11.3 Å². The lowest BCUT2D eigenvalue weighted by Gasteiger charge is -2.08. The fraction of sp³-hybridized carbons (Fsp3) is 0.0417. The van der Waals surface area contributed by atoms with Gasteiger partial charge in [0.15, 0.2) is 6.61 Å². The zero-order chi connectivity index (χ0) is 24.1. The number of halogens is 3. The van der Waals surface area contributed by atoms with Crippen molar-refractivity contribution in [3.63, 3.8) is 0 Å². The van der Waals surface area contributed by atoms with Crippen molar-refractivity contribution in [2.24, 2.45) is 5.10 Å². The number of rotatable bonds is 7. The van der Waals surface area contributed by atoms with Gasteiger partial charge in [-0.05, 0) is 30.3 Å². The first-order chi connectivity index (χ1) is 16.4. The quantitative estimate of drug-likeness (QED) is 0.125. The topological polar surface area (TPSA) is 77.0 Å². The highest BCUT2D eigenvalue weighted by atomic mass is 35.5. The van der Waals surface area contributed by atoms with Crippen molar-refractivity contribution >= 4 is 74.3 Å². The standard InChI is InChI=1S/C24H15Cl3N2O4S/c25-16-8-5-10-18(22(16)27)32-13-20(30)29-28-12-14-6-1-3-9-17(14)33-24(31)23-21(26)15-7-2-4-11-19(15)34-23/h1-12H,13H2,(H,29,30)/b28-12+. The number of amides is 1. The van der Waals surface area contributed by atoms with Gasteiger partial charge in [0.05, 0.1) is 16.3 Å². The molecule has 0 atom stereocenters. The molecule has 4 aromatic rings. The number of esters is 1. The number of nitrogens with zero attached hydrogens (tertiary/aromatic N) is 1. The number of thiophene rings is 1. The summed E-state index contributed by atoms with van der Waals surface area (Å²) >= 11 is 19.6. The molecule has 10 heteroatoms. The van der Waals surface area contributed by atoms with Crippen LogP contribution in [0.3, 0.4) is 0 Å². The molecule has 0 saturated heterocycles. The summed E-state index contributed by atoms with van der Waals surface area (Å²) in [5.41, 5.74) is 2.82. The molecule has 0 aliphatic rings. The number of nitrogens with one attached hydrogen (secondary N) is 1. The van der Waals surface area contributed by atoms with E-state index < -0.39 is 11.9 Å². The molecule has 1 amide bonds. The van der Waals surface area contributed by atoms with E-state index in [1.165, 1.54) is 17.6 Å². The second kappa shape index (κ2) is 10.9. The average Bonchev–Trinajstić information content (AvgIpc) is 3.18. The average molecular weight is 534 g/mol. The third-order valence-corrected chi connectivity index (χ3v) is 6.97. The monoisotopic (exact) mass is 532 g/mol. The van der Waals surface area contributed by atoms with Crippen molar-refractivity contribution in [1.82, 2.24) is 5.43 Å². The molecule has 6 nitrogen and oxygen atoms in total. The second-order valence-electron chi connectivity index (χ2n) is 6.80. The van der Waals surface area contributed by atoms with Crippen LogP contribution in [0.25, 0.3) is 10.1 Å². The van der Waals surface area contributed by atoms with Gasteiger partial charge in [-0.1, -0.05) is 71.2 Å². The molecule has 0 aliphatic heterocycles. The van der Waals surface area contributed by atoms with Crippen LogP contribution in [-0.4, -0.2) is 24.7 Å². The molecular weight excluding hydrogens is 519 g/mol. The number of fused-ring (bicyclic) bond motifs is 1. The zero-order valence-electron chi connectivity index (χ0n) is 17.3. The van der Waals surface area contributed by atoms with Crippen LogP contribution in [-0.2, 0) is 4.79 Å². The Labute approximate surface area is 213 Å². The largest absolute Gasteiger partial charge is 0.482 e. The fourth-order valence-electron chi connectivity index (χ4n) is 2.92.